The molecule has 1 rings (SSSR count). The average molecular weight is 273 g/mol. The predicted molar refractivity (Wildman–Crippen MR) is 72.0 cm³/mol. The maximum atomic E-state index is 11.1. The summed E-state index contributed by atoms with van der Waals surface area (Å²) in [5.41, 5.74) is 5.57. The summed E-state index contributed by atoms with van der Waals surface area (Å²) in [5, 5.41) is 3.01. The van der Waals surface area contributed by atoms with Crippen LogP contribution in [0.3, 0.4) is 0 Å². The second kappa shape index (κ2) is 6.48. The number of ether oxygens (including phenoxy) is 1. The summed E-state index contributed by atoms with van der Waals surface area (Å²) in [7, 11) is -0.885. The van der Waals surface area contributed by atoms with Crippen LogP contribution in [0.2, 0.25) is 0 Å². The van der Waals surface area contributed by atoms with Crippen molar-refractivity contribution < 1.29 is 8.95 Å². The first kappa shape index (κ1) is 14.6. The molecule has 7 nitrogen and oxygen atoms in total. The van der Waals surface area contributed by atoms with Crippen LogP contribution < -0.4 is 15.8 Å². The van der Waals surface area contributed by atoms with Crippen molar-refractivity contribution in [3.05, 3.63) is 0 Å². The lowest BCUT2D eigenvalue weighted by Gasteiger charge is -2.13. The van der Waals surface area contributed by atoms with Gasteiger partial charge in [0, 0.05) is 28.9 Å². The summed E-state index contributed by atoms with van der Waals surface area (Å²) in [6, 6.07) is 0.161. The fraction of sp³-hybridized carbons (Fsp3) is 0.700. The molecule has 0 spiro atoms. The molecule has 0 aliphatic heterocycles. The molecule has 1 aromatic rings. The molecule has 8 heteroatoms. The largest absolute Gasteiger partial charge is 0.461 e. The van der Waals surface area contributed by atoms with Gasteiger partial charge in [-0.2, -0.15) is 15.0 Å². The number of rotatable bonds is 6. The number of anilines is 2. The van der Waals surface area contributed by atoms with Crippen molar-refractivity contribution in [1.82, 2.24) is 15.0 Å². The molecule has 2 atom stereocenters. The summed E-state index contributed by atoms with van der Waals surface area (Å²) in [6.07, 6.45) is 1.60. The Morgan fingerprint density at radius 2 is 2.00 bits per heavy atom. The van der Waals surface area contributed by atoms with Gasteiger partial charge in [0.2, 0.25) is 11.9 Å². The van der Waals surface area contributed by atoms with Gasteiger partial charge in [0.05, 0.1) is 6.10 Å². The molecule has 0 amide bonds. The molecule has 1 aromatic heterocycles. The third kappa shape index (κ3) is 5.26. The maximum Gasteiger partial charge on any atom is 0.323 e. The lowest BCUT2D eigenvalue weighted by atomic mass is 10.4. The fourth-order valence-electron chi connectivity index (χ4n) is 1.31. The normalized spacial score (nSPS) is 14.3. The number of nitrogens with two attached hydrogens (primary N) is 1. The molecule has 0 radical (unpaired) electrons. The molecule has 0 aromatic carbocycles. The van der Waals surface area contributed by atoms with Crippen molar-refractivity contribution in [3.8, 4) is 6.01 Å². The first-order valence-electron chi connectivity index (χ1n) is 5.61. The lowest BCUT2D eigenvalue weighted by Crippen LogP contribution is -2.24. The molecule has 0 bridgehead atoms. The van der Waals surface area contributed by atoms with Crippen molar-refractivity contribution in [2.75, 3.05) is 23.1 Å². The van der Waals surface area contributed by atoms with Gasteiger partial charge < -0.3 is 15.8 Å². The molecule has 3 N–H and O–H groups in total. The van der Waals surface area contributed by atoms with Crippen LogP contribution in [0.1, 0.15) is 20.8 Å². The molecular formula is C10H19N5O2S. The highest BCUT2D eigenvalue weighted by molar-refractivity contribution is 7.84. The van der Waals surface area contributed by atoms with E-state index in [9.17, 15) is 4.21 Å². The number of aromatic nitrogens is 3. The zero-order valence-electron chi connectivity index (χ0n) is 11.0. The molecule has 0 fully saturated rings. The first-order valence-corrected chi connectivity index (χ1v) is 7.34. The second-order valence-corrected chi connectivity index (χ2v) is 5.73. The smallest absolute Gasteiger partial charge is 0.323 e. The summed E-state index contributed by atoms with van der Waals surface area (Å²) in [4.78, 5) is 11.9. The molecule has 102 valence electrons. The number of hydrogen-bond acceptors (Lipinski definition) is 7. The molecule has 0 saturated heterocycles. The van der Waals surface area contributed by atoms with E-state index in [0.29, 0.717) is 11.7 Å². The Balaban J connectivity index is 2.76. The van der Waals surface area contributed by atoms with E-state index in [0.717, 1.165) is 0 Å². The fourth-order valence-corrected chi connectivity index (χ4v) is 2.10. The van der Waals surface area contributed by atoms with E-state index in [1.165, 1.54) is 0 Å². The minimum Gasteiger partial charge on any atom is -0.461 e. The Hall–Kier alpha value is -1.44. The summed E-state index contributed by atoms with van der Waals surface area (Å²) < 4.78 is 16.4. The Kier molecular flexibility index (Phi) is 5.26. The van der Waals surface area contributed by atoms with E-state index in [-0.39, 0.29) is 24.1 Å². The van der Waals surface area contributed by atoms with Crippen LogP contribution in [-0.4, -0.2) is 43.3 Å². The summed E-state index contributed by atoms with van der Waals surface area (Å²) in [6.45, 7) is 5.64. The number of nitrogens with one attached hydrogen (secondary N) is 1. The first-order chi connectivity index (χ1) is 8.36. The summed E-state index contributed by atoms with van der Waals surface area (Å²) >= 11 is 0. The van der Waals surface area contributed by atoms with Crippen molar-refractivity contribution in [3.63, 3.8) is 0 Å². The monoisotopic (exact) mass is 273 g/mol. The summed E-state index contributed by atoms with van der Waals surface area (Å²) in [5.74, 6) is 0.926. The SMILES string of the molecule is CC(CS(C)=O)Nc1nc(N)nc(OC(C)C)n1. The zero-order chi connectivity index (χ0) is 13.7. The predicted octanol–water partition coefficient (Wildman–Crippen LogP) is 0.420. The van der Waals surface area contributed by atoms with Gasteiger partial charge in [0.15, 0.2) is 0 Å². The highest BCUT2D eigenvalue weighted by Crippen LogP contribution is 2.11. The van der Waals surface area contributed by atoms with Gasteiger partial charge in [-0.15, -0.1) is 0 Å². The Bertz CT molecular complexity index is 427. The van der Waals surface area contributed by atoms with Crippen LogP contribution in [0.4, 0.5) is 11.9 Å². The highest BCUT2D eigenvalue weighted by Gasteiger charge is 2.10. The van der Waals surface area contributed by atoms with Crippen LogP contribution in [0.5, 0.6) is 6.01 Å². The molecule has 0 aliphatic carbocycles. The van der Waals surface area contributed by atoms with Gasteiger partial charge in [0.25, 0.3) is 0 Å². The molecule has 2 unspecified atom stereocenters. The molecule has 0 aliphatic rings. The topological polar surface area (TPSA) is 103 Å². The van der Waals surface area contributed by atoms with E-state index in [4.69, 9.17) is 10.5 Å². The van der Waals surface area contributed by atoms with Gasteiger partial charge >= 0.3 is 6.01 Å². The molecule has 1 heterocycles. The van der Waals surface area contributed by atoms with E-state index in [1.807, 2.05) is 20.8 Å². The van der Waals surface area contributed by atoms with Gasteiger partial charge in [0.1, 0.15) is 0 Å². The molecular weight excluding hydrogens is 254 g/mol. The Morgan fingerprint density at radius 3 is 2.56 bits per heavy atom. The van der Waals surface area contributed by atoms with E-state index in [1.54, 1.807) is 6.26 Å². The maximum absolute atomic E-state index is 11.1. The lowest BCUT2D eigenvalue weighted by molar-refractivity contribution is 0.222. The van der Waals surface area contributed by atoms with E-state index in [2.05, 4.69) is 20.3 Å². The average Bonchev–Trinajstić information content (AvgIpc) is 2.12. The van der Waals surface area contributed by atoms with Gasteiger partial charge in [-0.1, -0.05) is 0 Å². The van der Waals surface area contributed by atoms with Crippen molar-refractivity contribution in [2.45, 2.75) is 32.9 Å². The van der Waals surface area contributed by atoms with Crippen LogP contribution in [0, 0.1) is 0 Å². The van der Waals surface area contributed by atoms with Crippen LogP contribution >= 0.6 is 0 Å². The van der Waals surface area contributed by atoms with Gasteiger partial charge in [-0.05, 0) is 20.8 Å². The minimum atomic E-state index is -0.885. The second-order valence-electron chi connectivity index (χ2n) is 4.25. The minimum absolute atomic E-state index is 0.0236. The van der Waals surface area contributed by atoms with E-state index >= 15 is 0 Å². The van der Waals surface area contributed by atoms with Crippen molar-refractivity contribution >= 4 is 22.7 Å². The third-order valence-electron chi connectivity index (χ3n) is 1.83. The number of nitrogen functional groups attached to an aromatic ring is 1. The number of nitrogens with zero attached hydrogens (tertiary/aromatic N) is 3. The van der Waals surface area contributed by atoms with E-state index < -0.39 is 10.8 Å². The molecule has 18 heavy (non-hydrogen) atoms. The quantitative estimate of drug-likeness (QED) is 0.774. The van der Waals surface area contributed by atoms with Crippen molar-refractivity contribution in [1.29, 1.82) is 0 Å². The van der Waals surface area contributed by atoms with Gasteiger partial charge in [-0.3, -0.25) is 4.21 Å². The van der Waals surface area contributed by atoms with Crippen LogP contribution in [-0.2, 0) is 10.8 Å². The Labute approximate surface area is 109 Å². The Morgan fingerprint density at radius 1 is 1.33 bits per heavy atom. The third-order valence-corrected chi connectivity index (χ3v) is 2.80. The standard InChI is InChI=1S/C10H19N5O2S/c1-6(2)17-10-14-8(11)13-9(15-10)12-7(3)5-18(4)16/h6-7H,5H2,1-4H3,(H3,11,12,13,14,15). The molecule has 0 saturated carbocycles. The van der Waals surface area contributed by atoms with Crippen LogP contribution in [0.25, 0.3) is 0 Å². The highest BCUT2D eigenvalue weighted by atomic mass is 32.2. The van der Waals surface area contributed by atoms with Crippen molar-refractivity contribution in [2.24, 2.45) is 0 Å². The van der Waals surface area contributed by atoms with Gasteiger partial charge in [-0.25, -0.2) is 0 Å². The zero-order valence-corrected chi connectivity index (χ0v) is 11.8. The number of hydrogen-bond donors (Lipinski definition) is 2. The van der Waals surface area contributed by atoms with Crippen LogP contribution in [0.15, 0.2) is 0 Å².